The first kappa shape index (κ1) is 15.8. The van der Waals surface area contributed by atoms with Gasteiger partial charge in [-0.25, -0.2) is 0 Å². The lowest BCUT2D eigenvalue weighted by Gasteiger charge is -2.04. The lowest BCUT2D eigenvalue weighted by molar-refractivity contribution is -0.136. The highest BCUT2D eigenvalue weighted by Gasteiger charge is 2.03. The van der Waals surface area contributed by atoms with E-state index in [0.29, 0.717) is 5.76 Å². The lowest BCUT2D eigenvalue weighted by atomic mass is 10.0. The molecule has 1 aromatic rings. The maximum atomic E-state index is 11.1. The zero-order chi connectivity index (χ0) is 15.1. The number of carbonyl (C=O) groups is 1. The molecule has 0 bridgehead atoms. The van der Waals surface area contributed by atoms with E-state index in [0.717, 1.165) is 22.3 Å². The molecule has 0 heterocycles. The molecule has 0 radical (unpaired) electrons. The van der Waals surface area contributed by atoms with E-state index in [-0.39, 0.29) is 5.97 Å². The van der Waals surface area contributed by atoms with Crippen molar-refractivity contribution in [2.75, 3.05) is 0 Å². The van der Waals surface area contributed by atoms with Crippen molar-refractivity contribution in [2.24, 2.45) is 0 Å². The first-order chi connectivity index (χ1) is 9.41. The van der Waals surface area contributed by atoms with Gasteiger partial charge in [0.15, 0.2) is 5.76 Å². The van der Waals surface area contributed by atoms with Crippen LogP contribution in [0.5, 0.6) is 0 Å². The number of hydrogen-bond donors (Lipinski definition) is 0. The van der Waals surface area contributed by atoms with Gasteiger partial charge < -0.3 is 4.74 Å². The summed E-state index contributed by atoms with van der Waals surface area (Å²) in [6.07, 6.45) is 0. The number of allylic oxidation sites excluding steroid dienone is 4. The van der Waals surface area contributed by atoms with E-state index < -0.39 is 0 Å². The maximum absolute atomic E-state index is 11.1. The van der Waals surface area contributed by atoms with Gasteiger partial charge in [-0.2, -0.15) is 0 Å². The molecule has 1 rings (SSSR count). The Morgan fingerprint density at radius 1 is 0.900 bits per heavy atom. The maximum Gasteiger partial charge on any atom is 0.308 e. The second kappa shape index (κ2) is 7.35. The number of ether oxygens (including phenoxy) is 1. The van der Waals surface area contributed by atoms with Crippen LogP contribution in [0.2, 0.25) is 0 Å². The van der Waals surface area contributed by atoms with E-state index in [9.17, 15) is 4.79 Å². The Hall–Kier alpha value is -2.27. The van der Waals surface area contributed by atoms with Gasteiger partial charge in [0, 0.05) is 12.5 Å². The van der Waals surface area contributed by atoms with E-state index in [1.807, 2.05) is 58.0 Å². The number of rotatable bonds is 2. The third-order valence-corrected chi connectivity index (χ3v) is 2.56. The van der Waals surface area contributed by atoms with Crippen LogP contribution in [0.4, 0.5) is 0 Å². The molecule has 0 aliphatic carbocycles. The predicted molar refractivity (Wildman–Crippen MR) is 82.6 cm³/mol. The minimum Gasteiger partial charge on any atom is -0.417 e. The highest BCUT2D eigenvalue weighted by Crippen LogP contribution is 2.18. The molecule has 0 aliphatic rings. The second-order valence-corrected chi connectivity index (χ2v) is 4.91. The molecule has 0 saturated heterocycles. The van der Waals surface area contributed by atoms with Gasteiger partial charge >= 0.3 is 5.97 Å². The Morgan fingerprint density at radius 2 is 1.50 bits per heavy atom. The molecule has 0 aromatic heterocycles. The molecule has 0 aliphatic heterocycles. The molecule has 0 unspecified atom stereocenters. The van der Waals surface area contributed by atoms with Crippen LogP contribution in [-0.4, -0.2) is 5.97 Å². The van der Waals surface area contributed by atoms with Crippen molar-refractivity contribution in [1.82, 2.24) is 0 Å². The molecule has 2 nitrogen and oxygen atoms in total. The Balaban J connectivity index is 3.18. The molecule has 0 N–H and O–H groups in total. The molecule has 1 aromatic carbocycles. The van der Waals surface area contributed by atoms with Gasteiger partial charge in [0.1, 0.15) is 0 Å². The van der Waals surface area contributed by atoms with Crippen molar-refractivity contribution in [3.8, 4) is 11.8 Å². The highest BCUT2D eigenvalue weighted by molar-refractivity contribution is 5.81. The quantitative estimate of drug-likeness (QED) is 0.453. The van der Waals surface area contributed by atoms with Gasteiger partial charge in [-0.15, -0.1) is 0 Å². The average molecular weight is 268 g/mol. The van der Waals surface area contributed by atoms with Crippen LogP contribution >= 0.6 is 0 Å². The van der Waals surface area contributed by atoms with Crippen molar-refractivity contribution in [3.63, 3.8) is 0 Å². The summed E-state index contributed by atoms with van der Waals surface area (Å²) < 4.78 is 5.12. The molecular weight excluding hydrogens is 248 g/mol. The van der Waals surface area contributed by atoms with Gasteiger partial charge in [0.05, 0.1) is 0 Å². The summed E-state index contributed by atoms with van der Waals surface area (Å²) in [5.41, 5.74) is 4.03. The molecule has 0 spiro atoms. The number of benzene rings is 1. The monoisotopic (exact) mass is 268 g/mol. The molecule has 2 heteroatoms. The Bertz CT molecular complexity index is 600. The minimum atomic E-state index is -0.353. The Morgan fingerprint density at radius 3 is 1.95 bits per heavy atom. The van der Waals surface area contributed by atoms with E-state index in [2.05, 4.69) is 11.8 Å². The highest BCUT2D eigenvalue weighted by atomic mass is 16.5. The van der Waals surface area contributed by atoms with Crippen LogP contribution in [0.15, 0.2) is 47.2 Å². The number of esters is 1. The van der Waals surface area contributed by atoms with Crippen molar-refractivity contribution >= 4 is 11.5 Å². The van der Waals surface area contributed by atoms with Gasteiger partial charge in [-0.3, -0.25) is 4.79 Å². The van der Waals surface area contributed by atoms with Gasteiger partial charge in [-0.05, 0) is 44.8 Å². The average Bonchev–Trinajstić information content (AvgIpc) is 2.37. The standard InChI is InChI=1S/C18H20O2/c1-13(2)17(16-9-7-6-8-10-16)11-12-18(14(3)4)20-15(5)19/h6-10H,1-5H3. The summed E-state index contributed by atoms with van der Waals surface area (Å²) in [5.74, 6) is 6.15. The lowest BCUT2D eigenvalue weighted by Crippen LogP contribution is -1.99. The first-order valence-electron chi connectivity index (χ1n) is 6.52. The fraction of sp³-hybridized carbons (Fsp3) is 0.278. The van der Waals surface area contributed by atoms with Crippen LogP contribution < -0.4 is 0 Å². The summed E-state index contributed by atoms with van der Waals surface area (Å²) in [7, 11) is 0. The van der Waals surface area contributed by atoms with Crippen molar-refractivity contribution in [1.29, 1.82) is 0 Å². The van der Waals surface area contributed by atoms with Crippen LogP contribution in [0.1, 0.15) is 40.2 Å². The summed E-state index contributed by atoms with van der Waals surface area (Å²) in [4.78, 5) is 11.1. The summed E-state index contributed by atoms with van der Waals surface area (Å²) in [6.45, 7) is 9.16. The Labute approximate surface area is 121 Å². The van der Waals surface area contributed by atoms with Crippen molar-refractivity contribution in [2.45, 2.75) is 34.6 Å². The van der Waals surface area contributed by atoms with Gasteiger partial charge in [0.2, 0.25) is 0 Å². The third-order valence-electron chi connectivity index (χ3n) is 2.56. The normalized spacial score (nSPS) is 9.05. The molecule has 104 valence electrons. The van der Waals surface area contributed by atoms with E-state index >= 15 is 0 Å². The fourth-order valence-electron chi connectivity index (χ4n) is 1.61. The fourth-order valence-corrected chi connectivity index (χ4v) is 1.61. The molecule has 20 heavy (non-hydrogen) atoms. The van der Waals surface area contributed by atoms with Crippen LogP contribution in [0.25, 0.3) is 5.57 Å². The zero-order valence-electron chi connectivity index (χ0n) is 12.7. The largest absolute Gasteiger partial charge is 0.417 e. The molecular formula is C18H20O2. The predicted octanol–water partition coefficient (Wildman–Crippen LogP) is 4.34. The summed E-state index contributed by atoms with van der Waals surface area (Å²) in [6, 6.07) is 9.97. The van der Waals surface area contributed by atoms with E-state index in [1.165, 1.54) is 6.92 Å². The summed E-state index contributed by atoms with van der Waals surface area (Å²) in [5, 5.41) is 0. The van der Waals surface area contributed by atoms with E-state index in [1.54, 1.807) is 0 Å². The molecule has 0 saturated carbocycles. The van der Waals surface area contributed by atoms with Gasteiger partial charge in [-0.1, -0.05) is 41.8 Å². The smallest absolute Gasteiger partial charge is 0.308 e. The topological polar surface area (TPSA) is 26.3 Å². The SMILES string of the molecule is CC(=O)OC(C#CC(=C(C)C)c1ccccc1)=C(C)C. The van der Waals surface area contributed by atoms with Crippen molar-refractivity contribution < 1.29 is 9.53 Å². The molecule has 0 amide bonds. The van der Waals surface area contributed by atoms with Crippen LogP contribution in [-0.2, 0) is 9.53 Å². The van der Waals surface area contributed by atoms with Crippen molar-refractivity contribution in [3.05, 3.63) is 52.8 Å². The van der Waals surface area contributed by atoms with E-state index in [4.69, 9.17) is 4.74 Å². The van der Waals surface area contributed by atoms with Gasteiger partial charge in [0.25, 0.3) is 0 Å². The second-order valence-electron chi connectivity index (χ2n) is 4.91. The minimum absolute atomic E-state index is 0.353. The third kappa shape index (κ3) is 4.78. The summed E-state index contributed by atoms with van der Waals surface area (Å²) >= 11 is 0. The number of carbonyl (C=O) groups excluding carboxylic acids is 1. The zero-order valence-corrected chi connectivity index (χ0v) is 12.7. The van der Waals surface area contributed by atoms with Crippen LogP contribution in [0, 0.1) is 11.8 Å². The first-order valence-corrected chi connectivity index (χ1v) is 6.52. The Kier molecular flexibility index (Phi) is 5.80. The molecule has 0 atom stereocenters. The number of hydrogen-bond acceptors (Lipinski definition) is 2. The molecule has 0 fully saturated rings. The van der Waals surface area contributed by atoms with Crippen LogP contribution in [0.3, 0.4) is 0 Å².